The van der Waals surface area contributed by atoms with Gasteiger partial charge in [-0.2, -0.15) is 0 Å². The first-order chi connectivity index (χ1) is 10.7. The van der Waals surface area contributed by atoms with Crippen molar-refractivity contribution in [2.45, 2.75) is 31.2 Å². The highest BCUT2D eigenvalue weighted by Crippen LogP contribution is 2.37. The van der Waals surface area contributed by atoms with Gasteiger partial charge < -0.3 is 4.74 Å². The van der Waals surface area contributed by atoms with Crippen molar-refractivity contribution in [2.24, 2.45) is 7.05 Å². The average Bonchev–Trinajstić information content (AvgIpc) is 2.97. The van der Waals surface area contributed by atoms with E-state index in [9.17, 15) is 9.59 Å². The average molecular weight is 299 g/mol. The SMILES string of the molecule is Cn1c(=O)n2n(c1=O)[C@@H]1C[C@H]2C=C[C@H]1OCc1ccccc1. The second-order valence-corrected chi connectivity index (χ2v) is 5.83. The molecule has 0 saturated carbocycles. The number of hydrogen-bond acceptors (Lipinski definition) is 3. The Balaban J connectivity index is 1.63. The van der Waals surface area contributed by atoms with Gasteiger partial charge in [-0.3, -0.25) is 0 Å². The molecular formula is C16H17N3O3. The molecule has 2 heterocycles. The third-order valence-electron chi connectivity index (χ3n) is 4.50. The van der Waals surface area contributed by atoms with Crippen LogP contribution in [0.1, 0.15) is 24.1 Å². The Kier molecular flexibility index (Phi) is 2.94. The number of aromatic nitrogens is 3. The number of allylic oxidation sites excluding steroid dienone is 1. The monoisotopic (exact) mass is 299 g/mol. The van der Waals surface area contributed by atoms with Gasteiger partial charge in [0.05, 0.1) is 24.8 Å². The van der Waals surface area contributed by atoms with Gasteiger partial charge in [-0.05, 0) is 12.0 Å². The van der Waals surface area contributed by atoms with E-state index in [-0.39, 0.29) is 29.6 Å². The van der Waals surface area contributed by atoms with E-state index in [0.717, 1.165) is 16.6 Å². The molecule has 0 amide bonds. The summed E-state index contributed by atoms with van der Waals surface area (Å²) < 4.78 is 10.3. The summed E-state index contributed by atoms with van der Waals surface area (Å²) in [5.41, 5.74) is 0.564. The summed E-state index contributed by atoms with van der Waals surface area (Å²) in [5.74, 6) is 0. The molecule has 2 bridgehead atoms. The van der Waals surface area contributed by atoms with E-state index in [1.807, 2.05) is 42.5 Å². The molecule has 1 aliphatic heterocycles. The first-order valence-electron chi connectivity index (χ1n) is 7.40. The van der Waals surface area contributed by atoms with Crippen LogP contribution in [0.5, 0.6) is 0 Å². The van der Waals surface area contributed by atoms with E-state index in [1.54, 1.807) is 9.36 Å². The van der Waals surface area contributed by atoms with Gasteiger partial charge in [-0.15, -0.1) is 0 Å². The summed E-state index contributed by atoms with van der Waals surface area (Å²) in [6.45, 7) is 0.489. The molecule has 3 atom stereocenters. The highest BCUT2D eigenvalue weighted by molar-refractivity contribution is 5.15. The summed E-state index contributed by atoms with van der Waals surface area (Å²) in [7, 11) is 1.52. The van der Waals surface area contributed by atoms with Gasteiger partial charge >= 0.3 is 11.4 Å². The zero-order chi connectivity index (χ0) is 15.3. The van der Waals surface area contributed by atoms with Gasteiger partial charge in [0.25, 0.3) is 0 Å². The minimum atomic E-state index is -0.269. The molecule has 6 nitrogen and oxygen atoms in total. The van der Waals surface area contributed by atoms with Gasteiger partial charge in [-0.25, -0.2) is 23.5 Å². The van der Waals surface area contributed by atoms with Crippen LogP contribution in [0.3, 0.4) is 0 Å². The summed E-state index contributed by atoms with van der Waals surface area (Å²) in [4.78, 5) is 24.4. The van der Waals surface area contributed by atoms with Crippen molar-refractivity contribution >= 4 is 0 Å². The first-order valence-corrected chi connectivity index (χ1v) is 7.40. The summed E-state index contributed by atoms with van der Waals surface area (Å²) in [5, 5.41) is 0. The quantitative estimate of drug-likeness (QED) is 0.794. The fourth-order valence-corrected chi connectivity index (χ4v) is 3.36. The zero-order valence-electron chi connectivity index (χ0n) is 12.3. The fraction of sp³-hybridized carbons (Fsp3) is 0.375. The molecule has 2 aromatic rings. The van der Waals surface area contributed by atoms with Crippen LogP contribution in [-0.4, -0.2) is 20.0 Å². The van der Waals surface area contributed by atoms with Crippen molar-refractivity contribution in [3.05, 3.63) is 69.0 Å². The predicted octanol–water partition coefficient (Wildman–Crippen LogP) is 0.990. The van der Waals surface area contributed by atoms with Crippen LogP contribution in [0.4, 0.5) is 0 Å². The largest absolute Gasteiger partial charge is 0.367 e. The van der Waals surface area contributed by atoms with Crippen LogP contribution in [-0.2, 0) is 18.4 Å². The lowest BCUT2D eigenvalue weighted by Gasteiger charge is -2.23. The molecule has 0 spiro atoms. The highest BCUT2D eigenvalue weighted by atomic mass is 16.5. The van der Waals surface area contributed by atoms with Gasteiger partial charge in [0.2, 0.25) is 0 Å². The number of benzene rings is 1. The third kappa shape index (κ3) is 1.84. The topological polar surface area (TPSA) is 58.2 Å². The first kappa shape index (κ1) is 13.3. The minimum Gasteiger partial charge on any atom is -0.367 e. The number of rotatable bonds is 3. The van der Waals surface area contributed by atoms with E-state index >= 15 is 0 Å². The van der Waals surface area contributed by atoms with Crippen molar-refractivity contribution in [3.63, 3.8) is 0 Å². The Hall–Kier alpha value is -2.34. The second kappa shape index (κ2) is 4.84. The van der Waals surface area contributed by atoms with Gasteiger partial charge in [0.1, 0.15) is 0 Å². The molecule has 1 aromatic carbocycles. The Bertz CT molecular complexity index is 844. The van der Waals surface area contributed by atoms with Crippen molar-refractivity contribution in [2.75, 3.05) is 0 Å². The second-order valence-electron chi connectivity index (χ2n) is 5.83. The molecule has 22 heavy (non-hydrogen) atoms. The molecule has 2 aliphatic rings. The number of nitrogens with zero attached hydrogens (tertiary/aromatic N) is 3. The van der Waals surface area contributed by atoms with Crippen LogP contribution >= 0.6 is 0 Å². The maximum atomic E-state index is 12.3. The maximum Gasteiger partial charge on any atom is 0.347 e. The molecule has 0 N–H and O–H groups in total. The van der Waals surface area contributed by atoms with E-state index < -0.39 is 0 Å². The van der Waals surface area contributed by atoms with E-state index in [4.69, 9.17) is 4.74 Å². The van der Waals surface area contributed by atoms with Crippen LogP contribution in [0.2, 0.25) is 0 Å². The van der Waals surface area contributed by atoms with Crippen molar-refractivity contribution in [1.82, 2.24) is 13.9 Å². The zero-order valence-corrected chi connectivity index (χ0v) is 12.3. The van der Waals surface area contributed by atoms with Crippen LogP contribution in [0, 0.1) is 0 Å². The fourth-order valence-electron chi connectivity index (χ4n) is 3.36. The smallest absolute Gasteiger partial charge is 0.347 e. The lowest BCUT2D eigenvalue weighted by atomic mass is 9.97. The van der Waals surface area contributed by atoms with Crippen molar-refractivity contribution in [3.8, 4) is 0 Å². The lowest BCUT2D eigenvalue weighted by Crippen LogP contribution is -2.33. The molecule has 0 unspecified atom stereocenters. The predicted molar refractivity (Wildman–Crippen MR) is 80.8 cm³/mol. The van der Waals surface area contributed by atoms with Gasteiger partial charge in [0.15, 0.2) is 0 Å². The minimum absolute atomic E-state index is 0.0389. The van der Waals surface area contributed by atoms with Gasteiger partial charge in [0, 0.05) is 7.05 Å². The Morgan fingerprint density at radius 1 is 1.09 bits per heavy atom. The van der Waals surface area contributed by atoms with E-state index in [1.165, 1.54) is 7.05 Å². The number of hydrogen-bond donors (Lipinski definition) is 0. The third-order valence-corrected chi connectivity index (χ3v) is 4.50. The highest BCUT2D eigenvalue weighted by Gasteiger charge is 2.40. The van der Waals surface area contributed by atoms with E-state index in [0.29, 0.717) is 6.61 Å². The molecular weight excluding hydrogens is 282 g/mol. The van der Waals surface area contributed by atoms with Crippen LogP contribution in [0.25, 0.3) is 0 Å². The molecule has 1 aromatic heterocycles. The molecule has 6 heteroatoms. The Morgan fingerprint density at radius 2 is 1.82 bits per heavy atom. The molecule has 1 aliphatic carbocycles. The van der Waals surface area contributed by atoms with Gasteiger partial charge in [-0.1, -0.05) is 42.5 Å². The Morgan fingerprint density at radius 3 is 2.59 bits per heavy atom. The summed E-state index contributed by atoms with van der Waals surface area (Å²) >= 11 is 0. The standard InChI is InChI=1S/C16H17N3O3/c1-17-15(20)18-12-7-8-14(13(9-12)19(18)16(17)21)22-10-11-5-3-2-4-6-11/h2-8,12-14H,9-10H2,1H3/t12-,13-,14-/m1/s1. The lowest BCUT2D eigenvalue weighted by molar-refractivity contribution is 0.0334. The maximum absolute atomic E-state index is 12.3. The van der Waals surface area contributed by atoms with E-state index in [2.05, 4.69) is 0 Å². The summed E-state index contributed by atoms with van der Waals surface area (Å²) in [6.07, 6.45) is 4.49. The molecule has 114 valence electrons. The molecule has 4 rings (SSSR count). The molecule has 0 fully saturated rings. The van der Waals surface area contributed by atoms with Crippen LogP contribution < -0.4 is 11.4 Å². The molecule has 0 saturated heterocycles. The Labute approximate surface area is 126 Å². The van der Waals surface area contributed by atoms with Crippen LogP contribution in [0.15, 0.2) is 52.1 Å². The summed E-state index contributed by atoms with van der Waals surface area (Å²) in [6, 6.07) is 9.78. The van der Waals surface area contributed by atoms with Crippen molar-refractivity contribution < 1.29 is 4.74 Å². The molecule has 0 radical (unpaired) electrons. The number of fused-ring (bicyclic) bond motifs is 5. The number of ether oxygens (including phenoxy) is 1. The normalized spacial score (nSPS) is 25.4. The van der Waals surface area contributed by atoms with Crippen molar-refractivity contribution in [1.29, 1.82) is 0 Å².